The van der Waals surface area contributed by atoms with Crippen LogP contribution in [0.4, 0.5) is 0 Å². The Morgan fingerprint density at radius 2 is 2.03 bits per heavy atom. The SMILES string of the molecule is CCOCCCN(C(=O)C1CC1)[C@@H]1CC(C(=O)NCCO)=C[C@H](Oc2ccccc2I)[C@H]1O. The molecule has 0 spiro atoms. The monoisotopic (exact) mass is 572 g/mol. The standard InChI is InChI=1S/C24H33IN2O6/c1-2-32-13-5-11-27(24(31)16-8-9-16)19-14-17(23(30)26-10-12-28)15-21(22(19)29)33-20-7-4-3-6-18(20)25/h3-4,6-7,15-16,19,21-22,28-29H,2,5,8-14H2,1H3,(H,26,30)/t19-,21+,22+/m1/s1. The summed E-state index contributed by atoms with van der Waals surface area (Å²) in [6, 6.07) is 6.86. The van der Waals surface area contributed by atoms with Crippen molar-refractivity contribution in [1.29, 1.82) is 0 Å². The number of para-hydroxylation sites is 1. The Bertz CT molecular complexity index is 844. The van der Waals surface area contributed by atoms with Crippen LogP contribution < -0.4 is 10.1 Å². The zero-order valence-corrected chi connectivity index (χ0v) is 21.1. The first-order valence-corrected chi connectivity index (χ1v) is 12.6. The van der Waals surface area contributed by atoms with Crippen LogP contribution in [0, 0.1) is 9.49 Å². The number of carbonyl (C=O) groups is 2. The van der Waals surface area contributed by atoms with Gasteiger partial charge in [-0.25, -0.2) is 0 Å². The molecular weight excluding hydrogens is 539 g/mol. The van der Waals surface area contributed by atoms with Crippen molar-refractivity contribution in [2.24, 2.45) is 5.92 Å². The smallest absolute Gasteiger partial charge is 0.247 e. The fraction of sp³-hybridized carbons (Fsp3) is 0.583. The summed E-state index contributed by atoms with van der Waals surface area (Å²) < 4.78 is 12.5. The molecule has 182 valence electrons. The summed E-state index contributed by atoms with van der Waals surface area (Å²) in [6.45, 7) is 3.45. The van der Waals surface area contributed by atoms with Crippen LogP contribution in [0.15, 0.2) is 35.9 Å². The van der Waals surface area contributed by atoms with Crippen molar-refractivity contribution >= 4 is 34.4 Å². The number of amides is 2. The highest BCUT2D eigenvalue weighted by Gasteiger charge is 2.43. The highest BCUT2D eigenvalue weighted by atomic mass is 127. The third-order valence-electron chi connectivity index (χ3n) is 5.82. The summed E-state index contributed by atoms with van der Waals surface area (Å²) in [5.41, 5.74) is 0.438. The van der Waals surface area contributed by atoms with Crippen LogP contribution in [-0.4, -0.2) is 78.1 Å². The average Bonchev–Trinajstić information content (AvgIpc) is 3.66. The first-order valence-electron chi connectivity index (χ1n) is 11.5. The number of aliphatic hydroxyl groups excluding tert-OH is 2. The highest BCUT2D eigenvalue weighted by Crippen LogP contribution is 2.35. The molecule has 3 N–H and O–H groups in total. The van der Waals surface area contributed by atoms with Crippen LogP contribution in [-0.2, 0) is 14.3 Å². The second-order valence-electron chi connectivity index (χ2n) is 8.30. The predicted octanol–water partition coefficient (Wildman–Crippen LogP) is 1.87. The van der Waals surface area contributed by atoms with Crippen molar-refractivity contribution in [2.75, 3.05) is 32.9 Å². The summed E-state index contributed by atoms with van der Waals surface area (Å²) in [7, 11) is 0. The normalized spacial score (nSPS) is 22.4. The largest absolute Gasteiger partial charge is 0.482 e. The molecule has 0 radical (unpaired) electrons. The molecule has 1 aromatic carbocycles. The molecule has 3 atom stereocenters. The van der Waals surface area contributed by atoms with Gasteiger partial charge in [-0.1, -0.05) is 12.1 Å². The van der Waals surface area contributed by atoms with Crippen LogP contribution >= 0.6 is 22.6 Å². The number of carbonyl (C=O) groups excluding carboxylic acids is 2. The minimum Gasteiger partial charge on any atom is -0.482 e. The molecule has 9 heteroatoms. The van der Waals surface area contributed by atoms with Gasteiger partial charge < -0.3 is 29.9 Å². The molecule has 0 bridgehead atoms. The van der Waals surface area contributed by atoms with E-state index < -0.39 is 18.2 Å². The number of hydrogen-bond acceptors (Lipinski definition) is 6. The number of halogens is 1. The van der Waals surface area contributed by atoms with Gasteiger partial charge in [0.05, 0.1) is 16.2 Å². The fourth-order valence-electron chi connectivity index (χ4n) is 3.95. The lowest BCUT2D eigenvalue weighted by Gasteiger charge is -2.40. The highest BCUT2D eigenvalue weighted by molar-refractivity contribution is 14.1. The van der Waals surface area contributed by atoms with Gasteiger partial charge >= 0.3 is 0 Å². The Kier molecular flexibility index (Phi) is 9.96. The molecular formula is C24H33IN2O6. The van der Waals surface area contributed by atoms with E-state index in [2.05, 4.69) is 27.9 Å². The maximum Gasteiger partial charge on any atom is 0.247 e. The molecule has 0 aliphatic heterocycles. The Balaban J connectivity index is 1.86. The summed E-state index contributed by atoms with van der Waals surface area (Å²) in [4.78, 5) is 27.6. The lowest BCUT2D eigenvalue weighted by molar-refractivity contribution is -0.140. The Labute approximate surface area is 208 Å². The third kappa shape index (κ3) is 7.14. The van der Waals surface area contributed by atoms with Gasteiger partial charge in [-0.2, -0.15) is 0 Å². The molecule has 1 aromatic rings. The Morgan fingerprint density at radius 3 is 2.70 bits per heavy atom. The summed E-state index contributed by atoms with van der Waals surface area (Å²) in [5.74, 6) is 0.271. The van der Waals surface area contributed by atoms with E-state index in [-0.39, 0.29) is 37.3 Å². The zero-order valence-electron chi connectivity index (χ0n) is 18.9. The summed E-state index contributed by atoms with van der Waals surface area (Å²) >= 11 is 2.16. The molecule has 2 amide bonds. The number of ether oxygens (including phenoxy) is 2. The maximum atomic E-state index is 13.2. The van der Waals surface area contributed by atoms with Gasteiger partial charge in [-0.05, 0) is 67.0 Å². The number of hydrogen-bond donors (Lipinski definition) is 3. The number of rotatable bonds is 12. The van der Waals surface area contributed by atoms with Gasteiger partial charge in [-0.15, -0.1) is 0 Å². The third-order valence-corrected chi connectivity index (χ3v) is 6.71. The van der Waals surface area contributed by atoms with E-state index in [0.717, 1.165) is 16.4 Å². The first-order chi connectivity index (χ1) is 16.0. The van der Waals surface area contributed by atoms with Crippen molar-refractivity contribution in [2.45, 2.75) is 50.9 Å². The zero-order chi connectivity index (χ0) is 23.8. The van der Waals surface area contributed by atoms with Crippen molar-refractivity contribution in [3.05, 3.63) is 39.5 Å². The molecule has 1 saturated carbocycles. The molecule has 2 aliphatic carbocycles. The number of nitrogens with one attached hydrogen (secondary N) is 1. The molecule has 0 saturated heterocycles. The quantitative estimate of drug-likeness (QED) is 0.261. The van der Waals surface area contributed by atoms with E-state index >= 15 is 0 Å². The number of aliphatic hydroxyl groups is 2. The van der Waals surface area contributed by atoms with Gasteiger partial charge in [0.1, 0.15) is 18.0 Å². The number of benzene rings is 1. The van der Waals surface area contributed by atoms with Crippen LogP contribution in [0.2, 0.25) is 0 Å². The molecule has 3 rings (SSSR count). The lowest BCUT2D eigenvalue weighted by atomic mass is 9.87. The second-order valence-corrected chi connectivity index (χ2v) is 9.46. The van der Waals surface area contributed by atoms with E-state index in [1.807, 2.05) is 31.2 Å². The summed E-state index contributed by atoms with van der Waals surface area (Å²) in [5, 5.41) is 23.1. The van der Waals surface area contributed by atoms with E-state index in [1.165, 1.54) is 0 Å². The molecule has 0 unspecified atom stereocenters. The molecule has 1 fully saturated rings. The van der Waals surface area contributed by atoms with E-state index in [0.29, 0.717) is 37.5 Å². The van der Waals surface area contributed by atoms with Crippen molar-refractivity contribution in [3.63, 3.8) is 0 Å². The van der Waals surface area contributed by atoms with Gasteiger partial charge in [0.15, 0.2) is 0 Å². The summed E-state index contributed by atoms with van der Waals surface area (Å²) in [6.07, 6.45) is 2.42. The van der Waals surface area contributed by atoms with Crippen LogP contribution in [0.1, 0.15) is 32.6 Å². The van der Waals surface area contributed by atoms with Crippen molar-refractivity contribution in [3.8, 4) is 5.75 Å². The van der Waals surface area contributed by atoms with Crippen LogP contribution in [0.25, 0.3) is 0 Å². The molecule has 0 aromatic heterocycles. The van der Waals surface area contributed by atoms with Gasteiger partial charge in [0.25, 0.3) is 0 Å². The minimum absolute atomic E-state index is 0.0145. The fourth-order valence-corrected chi connectivity index (χ4v) is 4.47. The van der Waals surface area contributed by atoms with E-state index in [9.17, 15) is 14.7 Å². The molecule has 0 heterocycles. The van der Waals surface area contributed by atoms with Gasteiger partial charge in [-0.3, -0.25) is 9.59 Å². The first kappa shape index (κ1) is 25.9. The van der Waals surface area contributed by atoms with Crippen LogP contribution in [0.5, 0.6) is 5.75 Å². The van der Waals surface area contributed by atoms with Gasteiger partial charge in [0.2, 0.25) is 11.8 Å². The number of nitrogens with zero attached hydrogens (tertiary/aromatic N) is 1. The van der Waals surface area contributed by atoms with Crippen molar-refractivity contribution in [1.82, 2.24) is 10.2 Å². The van der Waals surface area contributed by atoms with Crippen LogP contribution in [0.3, 0.4) is 0 Å². The maximum absolute atomic E-state index is 13.2. The lowest BCUT2D eigenvalue weighted by Crippen LogP contribution is -2.55. The molecule has 8 nitrogen and oxygen atoms in total. The second kappa shape index (κ2) is 12.7. The Hall–Kier alpha value is -1.69. The molecule has 33 heavy (non-hydrogen) atoms. The van der Waals surface area contributed by atoms with Crippen molar-refractivity contribution < 1.29 is 29.3 Å². The van der Waals surface area contributed by atoms with Gasteiger partial charge in [0, 0.05) is 44.2 Å². The average molecular weight is 572 g/mol. The minimum atomic E-state index is -0.995. The molecule has 2 aliphatic rings. The van der Waals surface area contributed by atoms with E-state index in [4.69, 9.17) is 14.6 Å². The predicted molar refractivity (Wildman–Crippen MR) is 132 cm³/mol. The topological polar surface area (TPSA) is 108 Å². The Morgan fingerprint density at radius 1 is 1.27 bits per heavy atom. The van der Waals surface area contributed by atoms with E-state index in [1.54, 1.807) is 11.0 Å².